The highest BCUT2D eigenvalue weighted by molar-refractivity contribution is 6.02. The molecule has 104 valence electrons. The summed E-state index contributed by atoms with van der Waals surface area (Å²) in [6.45, 7) is 2.43. The van der Waals surface area contributed by atoms with E-state index < -0.39 is 17.2 Å². The van der Waals surface area contributed by atoms with Crippen LogP contribution in [0.2, 0.25) is 0 Å². The van der Waals surface area contributed by atoms with Gasteiger partial charge in [-0.2, -0.15) is 0 Å². The maximum Gasteiger partial charge on any atom is 0.326 e. The number of aromatic nitrogens is 2. The number of carbonyl (C=O) groups is 1. The molecule has 20 heavy (non-hydrogen) atoms. The number of aromatic amines is 2. The van der Waals surface area contributed by atoms with Crippen LogP contribution in [0.3, 0.4) is 0 Å². The van der Waals surface area contributed by atoms with Crippen molar-refractivity contribution in [2.75, 3.05) is 11.9 Å². The topological polar surface area (TPSA) is 104 Å². The zero-order chi connectivity index (χ0) is 14.5. The molecule has 0 aliphatic rings. The lowest BCUT2D eigenvalue weighted by Crippen LogP contribution is -2.27. The summed E-state index contributed by atoms with van der Waals surface area (Å²) in [5, 5.41) is 2.56. The van der Waals surface area contributed by atoms with Gasteiger partial charge in [-0.05, 0) is 31.2 Å². The van der Waals surface area contributed by atoms with E-state index in [1.165, 1.54) is 0 Å². The predicted octanol–water partition coefficient (Wildman–Crippen LogP) is 0.714. The molecule has 1 aromatic heterocycles. The largest absolute Gasteiger partial charge is 0.494 e. The highest BCUT2D eigenvalue weighted by Crippen LogP contribution is 2.15. The number of hydrogen-bond acceptors (Lipinski definition) is 4. The molecule has 2 aromatic rings. The van der Waals surface area contributed by atoms with E-state index in [2.05, 4.69) is 10.3 Å². The van der Waals surface area contributed by atoms with E-state index in [0.29, 0.717) is 18.0 Å². The maximum atomic E-state index is 11.9. The molecule has 0 radical (unpaired) electrons. The molecule has 2 rings (SSSR count). The Kier molecular flexibility index (Phi) is 3.99. The molecule has 1 amide bonds. The smallest absolute Gasteiger partial charge is 0.326 e. The van der Waals surface area contributed by atoms with Crippen LogP contribution >= 0.6 is 0 Å². The van der Waals surface area contributed by atoms with Gasteiger partial charge < -0.3 is 15.0 Å². The van der Waals surface area contributed by atoms with Gasteiger partial charge in [-0.1, -0.05) is 0 Å². The lowest BCUT2D eigenvalue weighted by molar-refractivity contribution is 0.102. The fourth-order valence-electron chi connectivity index (χ4n) is 1.59. The molecule has 0 fully saturated rings. The normalized spacial score (nSPS) is 10.1. The van der Waals surface area contributed by atoms with Gasteiger partial charge in [0.25, 0.3) is 11.5 Å². The lowest BCUT2D eigenvalue weighted by atomic mass is 10.3. The molecular weight excluding hydrogens is 262 g/mol. The quantitative estimate of drug-likeness (QED) is 0.764. The molecule has 7 heteroatoms. The highest BCUT2D eigenvalue weighted by atomic mass is 16.5. The number of amides is 1. The monoisotopic (exact) mass is 275 g/mol. The van der Waals surface area contributed by atoms with E-state index in [1.54, 1.807) is 24.3 Å². The zero-order valence-corrected chi connectivity index (χ0v) is 10.7. The van der Waals surface area contributed by atoms with Gasteiger partial charge in [-0.25, -0.2) is 4.79 Å². The SMILES string of the molecule is CCOc1ccc(NC(=O)c2cc(=O)[nH]c(=O)[nH]2)cc1. The Morgan fingerprint density at radius 3 is 2.50 bits per heavy atom. The van der Waals surface area contributed by atoms with Gasteiger partial charge in [0.05, 0.1) is 6.61 Å². The number of benzene rings is 1. The number of anilines is 1. The number of H-pyrrole nitrogens is 2. The van der Waals surface area contributed by atoms with Crippen molar-refractivity contribution in [3.63, 3.8) is 0 Å². The molecule has 1 aromatic carbocycles. The van der Waals surface area contributed by atoms with Gasteiger partial charge >= 0.3 is 5.69 Å². The first-order valence-electron chi connectivity index (χ1n) is 5.96. The Labute approximate surface area is 113 Å². The second-order valence-corrected chi connectivity index (χ2v) is 3.91. The first-order chi connectivity index (χ1) is 9.58. The summed E-state index contributed by atoms with van der Waals surface area (Å²) < 4.78 is 5.28. The lowest BCUT2D eigenvalue weighted by Gasteiger charge is -2.06. The van der Waals surface area contributed by atoms with Crippen molar-refractivity contribution in [3.8, 4) is 5.75 Å². The number of ether oxygens (including phenoxy) is 1. The number of rotatable bonds is 4. The Balaban J connectivity index is 2.14. The number of nitrogens with one attached hydrogen (secondary N) is 3. The van der Waals surface area contributed by atoms with Crippen LogP contribution < -0.4 is 21.3 Å². The van der Waals surface area contributed by atoms with Crippen LogP contribution in [0.25, 0.3) is 0 Å². The van der Waals surface area contributed by atoms with Gasteiger partial charge in [0.1, 0.15) is 11.4 Å². The van der Waals surface area contributed by atoms with Crippen molar-refractivity contribution in [2.45, 2.75) is 6.92 Å². The molecular formula is C13H13N3O4. The Hall–Kier alpha value is -2.83. The molecule has 0 aliphatic carbocycles. The van der Waals surface area contributed by atoms with Gasteiger partial charge in [0.15, 0.2) is 0 Å². The average molecular weight is 275 g/mol. The van der Waals surface area contributed by atoms with Gasteiger partial charge in [0, 0.05) is 11.8 Å². The van der Waals surface area contributed by atoms with Crippen molar-refractivity contribution in [2.24, 2.45) is 0 Å². The standard InChI is InChI=1S/C13H13N3O4/c1-2-20-9-5-3-8(4-6-9)14-12(18)10-7-11(17)16-13(19)15-10/h3-7H,2H2,1H3,(H,14,18)(H2,15,16,17,19). The van der Waals surface area contributed by atoms with Crippen LogP contribution in [0.15, 0.2) is 39.9 Å². The van der Waals surface area contributed by atoms with Crippen LogP contribution in [0.4, 0.5) is 5.69 Å². The minimum Gasteiger partial charge on any atom is -0.494 e. The summed E-state index contributed by atoms with van der Waals surface area (Å²) >= 11 is 0. The maximum absolute atomic E-state index is 11.9. The molecule has 0 saturated heterocycles. The fraction of sp³-hybridized carbons (Fsp3) is 0.154. The van der Waals surface area contributed by atoms with Crippen LogP contribution in [-0.4, -0.2) is 22.5 Å². The summed E-state index contributed by atoms with van der Waals surface area (Å²) in [6.07, 6.45) is 0. The first kappa shape index (κ1) is 13.6. The minimum atomic E-state index is -0.727. The van der Waals surface area contributed by atoms with Crippen molar-refractivity contribution in [3.05, 3.63) is 56.9 Å². The van der Waals surface area contributed by atoms with E-state index in [1.807, 2.05) is 11.9 Å². The minimum absolute atomic E-state index is 0.104. The molecule has 1 heterocycles. The predicted molar refractivity (Wildman–Crippen MR) is 73.2 cm³/mol. The summed E-state index contributed by atoms with van der Waals surface area (Å²) in [5.41, 5.74) is -0.938. The van der Waals surface area contributed by atoms with Crippen molar-refractivity contribution in [1.82, 2.24) is 9.97 Å². The summed E-state index contributed by atoms with van der Waals surface area (Å²) in [5.74, 6) is 0.118. The highest BCUT2D eigenvalue weighted by Gasteiger charge is 2.08. The van der Waals surface area contributed by atoms with Crippen molar-refractivity contribution in [1.29, 1.82) is 0 Å². The second kappa shape index (κ2) is 5.87. The third kappa shape index (κ3) is 3.35. The van der Waals surface area contributed by atoms with Crippen molar-refractivity contribution >= 4 is 11.6 Å². The molecule has 7 nitrogen and oxygen atoms in total. The Bertz CT molecular complexity index is 687. The van der Waals surface area contributed by atoms with Crippen molar-refractivity contribution < 1.29 is 9.53 Å². The third-order valence-corrected chi connectivity index (χ3v) is 2.43. The molecule has 0 unspecified atom stereocenters. The number of carbonyl (C=O) groups excluding carboxylic acids is 1. The van der Waals surface area contributed by atoms with Crippen LogP contribution in [-0.2, 0) is 0 Å². The second-order valence-electron chi connectivity index (χ2n) is 3.91. The fourth-order valence-corrected chi connectivity index (χ4v) is 1.59. The summed E-state index contributed by atoms with van der Waals surface area (Å²) in [4.78, 5) is 38.3. The van der Waals surface area contributed by atoms with Gasteiger partial charge in [-0.3, -0.25) is 14.6 Å². The Morgan fingerprint density at radius 1 is 1.20 bits per heavy atom. The van der Waals surface area contributed by atoms with E-state index >= 15 is 0 Å². The zero-order valence-electron chi connectivity index (χ0n) is 10.7. The summed E-state index contributed by atoms with van der Waals surface area (Å²) in [7, 11) is 0. The van der Waals surface area contributed by atoms with E-state index in [9.17, 15) is 14.4 Å². The van der Waals surface area contributed by atoms with E-state index in [0.717, 1.165) is 6.07 Å². The van der Waals surface area contributed by atoms with Gasteiger partial charge in [-0.15, -0.1) is 0 Å². The number of hydrogen-bond donors (Lipinski definition) is 3. The summed E-state index contributed by atoms with van der Waals surface area (Å²) in [6, 6.07) is 7.76. The average Bonchev–Trinajstić information content (AvgIpc) is 2.40. The van der Waals surface area contributed by atoms with Crippen LogP contribution in [0.1, 0.15) is 17.4 Å². The molecule has 0 saturated carbocycles. The molecule has 0 aliphatic heterocycles. The molecule has 0 spiro atoms. The third-order valence-electron chi connectivity index (χ3n) is 2.43. The van der Waals surface area contributed by atoms with E-state index in [4.69, 9.17) is 4.74 Å². The van der Waals surface area contributed by atoms with Crippen LogP contribution in [0.5, 0.6) is 5.75 Å². The molecule has 0 atom stereocenters. The molecule has 0 bridgehead atoms. The first-order valence-corrected chi connectivity index (χ1v) is 5.96. The molecule has 3 N–H and O–H groups in total. The van der Waals surface area contributed by atoms with Gasteiger partial charge in [0.2, 0.25) is 0 Å². The van der Waals surface area contributed by atoms with E-state index in [-0.39, 0.29) is 5.69 Å². The van der Waals surface area contributed by atoms with Crippen LogP contribution in [0, 0.1) is 0 Å². The Morgan fingerprint density at radius 2 is 1.90 bits per heavy atom.